The van der Waals surface area contributed by atoms with Crippen molar-refractivity contribution < 1.29 is 33.8 Å². The predicted molar refractivity (Wildman–Crippen MR) is 184 cm³/mol. The third-order valence-corrected chi connectivity index (χ3v) is 9.85. The molecule has 1 aromatic heterocycles. The molecule has 1 saturated heterocycles. The first kappa shape index (κ1) is 34.0. The summed E-state index contributed by atoms with van der Waals surface area (Å²) in [6, 6.07) is 15.9. The molecule has 11 heteroatoms. The van der Waals surface area contributed by atoms with E-state index in [1.165, 1.54) is 11.0 Å². The average molecular weight is 669 g/mol. The summed E-state index contributed by atoms with van der Waals surface area (Å²) in [4.78, 5) is 59.7. The molecule has 49 heavy (non-hydrogen) atoms. The van der Waals surface area contributed by atoms with E-state index in [9.17, 15) is 24.3 Å². The van der Waals surface area contributed by atoms with Crippen molar-refractivity contribution in [3.05, 3.63) is 72.8 Å². The molecule has 2 aromatic carbocycles. The van der Waals surface area contributed by atoms with Crippen molar-refractivity contribution in [2.45, 2.75) is 88.4 Å². The van der Waals surface area contributed by atoms with Gasteiger partial charge in [-0.1, -0.05) is 62.2 Å². The van der Waals surface area contributed by atoms with Gasteiger partial charge in [-0.05, 0) is 56.2 Å². The van der Waals surface area contributed by atoms with Crippen LogP contribution in [0.3, 0.4) is 0 Å². The molecule has 0 radical (unpaired) electrons. The Bertz CT molecular complexity index is 1730. The monoisotopic (exact) mass is 668 g/mol. The quantitative estimate of drug-likeness (QED) is 0.270. The maximum absolute atomic E-state index is 14.2. The number of cyclic esters (lactones) is 1. The number of aliphatic carboxylic acids is 1. The van der Waals surface area contributed by atoms with Crippen LogP contribution in [-0.2, 0) is 25.5 Å². The molecule has 6 rings (SSSR count). The topological polar surface area (TPSA) is 147 Å². The number of carboxylic acid groups (broad SMARTS) is 1. The molecule has 3 heterocycles. The summed E-state index contributed by atoms with van der Waals surface area (Å²) in [6.07, 6.45) is 5.66. The summed E-state index contributed by atoms with van der Waals surface area (Å²) in [7, 11) is 0. The number of ether oxygens (including phenoxy) is 2. The van der Waals surface area contributed by atoms with Crippen molar-refractivity contribution in [3.8, 4) is 17.0 Å². The summed E-state index contributed by atoms with van der Waals surface area (Å²) < 4.78 is 12.2. The van der Waals surface area contributed by atoms with E-state index in [0.717, 1.165) is 53.4 Å². The van der Waals surface area contributed by atoms with Gasteiger partial charge >= 0.3 is 12.1 Å². The highest BCUT2D eigenvalue weighted by Gasteiger charge is 2.61. The van der Waals surface area contributed by atoms with Gasteiger partial charge in [0.15, 0.2) is 0 Å². The minimum Gasteiger partial charge on any atom is -0.488 e. The molecule has 0 unspecified atom stereocenters. The number of amides is 3. The normalized spacial score (nSPS) is 25.8. The van der Waals surface area contributed by atoms with E-state index in [4.69, 9.17) is 14.5 Å². The number of carbonyl (C=O) groups excluding carboxylic acids is 3. The van der Waals surface area contributed by atoms with E-state index in [-0.39, 0.29) is 26.0 Å². The van der Waals surface area contributed by atoms with E-state index in [2.05, 4.69) is 29.3 Å². The van der Waals surface area contributed by atoms with Crippen molar-refractivity contribution in [1.82, 2.24) is 20.5 Å². The minimum absolute atomic E-state index is 0.0609. The SMILES string of the molecule is C=C[C@H]1C[C@]1(NC(=O)[C@@H]1C[C@@H]2CN1C(=O)[C@H](CCCC)NC(=O)OCCCCCc1ccc3nc(-c4ccccc4)cc(c3c1)O2)C(=O)O. The molecule has 4 bridgehead atoms. The standard InChI is InChI=1S/C38H44N4O7/c1-3-5-15-30-35(44)42-23-27(20-32(42)34(43)41-38(36(45)46)22-26(38)4-2)49-33-21-31(25-13-9-6-10-14-25)39-29-17-16-24(19-28(29)33)12-8-7-11-18-48-37(47)40-30/h4,6,9-10,13-14,16-17,19,21,26-27,30,32H,2-3,5,7-8,11-12,15,18,20,22-23H2,1H3,(H,40,47)(H,41,43)(H,45,46)/t26-,27+,30-,32-,38+/m0/s1. The molecule has 1 aliphatic carbocycles. The van der Waals surface area contributed by atoms with Crippen molar-refractivity contribution >= 4 is 34.8 Å². The van der Waals surface area contributed by atoms with Gasteiger partial charge < -0.3 is 30.1 Å². The van der Waals surface area contributed by atoms with Crippen LogP contribution in [0.25, 0.3) is 22.2 Å². The molecular weight excluding hydrogens is 624 g/mol. The second-order valence-corrected chi connectivity index (χ2v) is 13.3. The van der Waals surface area contributed by atoms with Gasteiger partial charge in [-0.3, -0.25) is 9.59 Å². The molecule has 0 spiro atoms. The number of nitrogens with zero attached hydrogens (tertiary/aromatic N) is 2. The fourth-order valence-electron chi connectivity index (χ4n) is 6.95. The number of carbonyl (C=O) groups is 4. The van der Waals surface area contributed by atoms with Crippen LogP contribution in [0.2, 0.25) is 0 Å². The first-order valence-corrected chi connectivity index (χ1v) is 17.3. The van der Waals surface area contributed by atoms with Gasteiger partial charge in [0.2, 0.25) is 11.8 Å². The van der Waals surface area contributed by atoms with Crippen LogP contribution in [0.15, 0.2) is 67.3 Å². The average Bonchev–Trinajstić information content (AvgIpc) is 3.67. The fraction of sp³-hybridized carbons (Fsp3) is 0.447. The number of pyridine rings is 1. The molecular formula is C38H44N4O7. The number of rotatable bonds is 8. The highest BCUT2D eigenvalue weighted by atomic mass is 16.5. The van der Waals surface area contributed by atoms with E-state index in [0.29, 0.717) is 25.0 Å². The second kappa shape index (κ2) is 14.7. The van der Waals surface area contributed by atoms with Gasteiger partial charge in [0.25, 0.3) is 0 Å². The summed E-state index contributed by atoms with van der Waals surface area (Å²) in [5.41, 5.74) is 2.06. The first-order valence-electron chi connectivity index (χ1n) is 17.3. The van der Waals surface area contributed by atoms with Gasteiger partial charge in [0.05, 0.1) is 24.4 Å². The molecule has 3 amide bonds. The Morgan fingerprint density at radius 3 is 2.69 bits per heavy atom. The van der Waals surface area contributed by atoms with E-state index < -0.39 is 53.5 Å². The molecule has 3 aliphatic rings. The number of alkyl carbamates (subject to hydrolysis) is 1. The molecule has 2 aliphatic heterocycles. The van der Waals surface area contributed by atoms with Crippen LogP contribution in [0.4, 0.5) is 4.79 Å². The summed E-state index contributed by atoms with van der Waals surface area (Å²) in [5.74, 6) is -2.00. The maximum atomic E-state index is 14.2. The highest BCUT2D eigenvalue weighted by molar-refractivity contribution is 5.96. The van der Waals surface area contributed by atoms with E-state index >= 15 is 0 Å². The number of hydrogen-bond acceptors (Lipinski definition) is 7. The lowest BCUT2D eigenvalue weighted by atomic mass is 10.0. The van der Waals surface area contributed by atoms with Crippen LogP contribution < -0.4 is 15.4 Å². The van der Waals surface area contributed by atoms with Gasteiger partial charge in [-0.2, -0.15) is 0 Å². The molecule has 3 N–H and O–H groups in total. The number of hydrogen-bond donors (Lipinski definition) is 3. The summed E-state index contributed by atoms with van der Waals surface area (Å²) >= 11 is 0. The zero-order valence-electron chi connectivity index (χ0n) is 27.9. The smallest absolute Gasteiger partial charge is 0.407 e. The van der Waals surface area contributed by atoms with Crippen LogP contribution in [0.1, 0.15) is 63.9 Å². The van der Waals surface area contributed by atoms with Crippen molar-refractivity contribution in [1.29, 1.82) is 0 Å². The number of carboxylic acids is 1. The Kier molecular flexibility index (Phi) is 10.2. The lowest BCUT2D eigenvalue weighted by molar-refractivity contribution is -0.145. The Labute approximate surface area is 286 Å². The Balaban J connectivity index is 1.38. The van der Waals surface area contributed by atoms with Crippen molar-refractivity contribution in [2.24, 2.45) is 5.92 Å². The van der Waals surface area contributed by atoms with Gasteiger partial charge in [0, 0.05) is 29.4 Å². The van der Waals surface area contributed by atoms with Gasteiger partial charge in [-0.15, -0.1) is 6.58 Å². The van der Waals surface area contributed by atoms with Crippen molar-refractivity contribution in [3.63, 3.8) is 0 Å². The van der Waals surface area contributed by atoms with Gasteiger partial charge in [-0.25, -0.2) is 14.6 Å². The Morgan fingerprint density at radius 2 is 1.96 bits per heavy atom. The number of unbranched alkanes of at least 4 members (excludes halogenated alkanes) is 1. The molecule has 3 aromatic rings. The molecule has 2 fully saturated rings. The molecule has 1 saturated carbocycles. The minimum atomic E-state index is -1.47. The third kappa shape index (κ3) is 7.40. The Hall–Kier alpha value is -4.93. The van der Waals surface area contributed by atoms with Crippen LogP contribution in [-0.4, -0.2) is 75.7 Å². The number of aryl methyl sites for hydroxylation is 1. The summed E-state index contributed by atoms with van der Waals surface area (Å²) in [6.45, 7) is 6.00. The maximum Gasteiger partial charge on any atom is 0.407 e. The van der Waals surface area contributed by atoms with Crippen LogP contribution >= 0.6 is 0 Å². The number of aromatic nitrogens is 1. The van der Waals surface area contributed by atoms with Gasteiger partial charge in [0.1, 0.15) is 29.5 Å². The number of benzene rings is 2. The third-order valence-electron chi connectivity index (χ3n) is 9.85. The zero-order valence-corrected chi connectivity index (χ0v) is 27.9. The predicted octanol–water partition coefficient (Wildman–Crippen LogP) is 5.41. The van der Waals surface area contributed by atoms with Crippen molar-refractivity contribution in [2.75, 3.05) is 13.2 Å². The largest absolute Gasteiger partial charge is 0.488 e. The molecule has 11 nitrogen and oxygen atoms in total. The van der Waals surface area contributed by atoms with Crippen LogP contribution in [0.5, 0.6) is 5.75 Å². The molecule has 258 valence electrons. The molecule has 5 atom stereocenters. The highest BCUT2D eigenvalue weighted by Crippen LogP contribution is 2.45. The van der Waals surface area contributed by atoms with E-state index in [1.807, 2.05) is 49.4 Å². The number of fused-ring (bicyclic) bond motifs is 3. The lowest BCUT2D eigenvalue weighted by Gasteiger charge is -2.29. The van der Waals surface area contributed by atoms with E-state index in [1.54, 1.807) is 0 Å². The number of nitrogens with one attached hydrogen (secondary N) is 2. The first-order chi connectivity index (χ1) is 23.7. The zero-order chi connectivity index (χ0) is 34.5. The second-order valence-electron chi connectivity index (χ2n) is 13.3. The fourth-order valence-corrected chi connectivity index (χ4v) is 6.95. The van der Waals surface area contributed by atoms with Crippen LogP contribution in [0, 0.1) is 5.92 Å². The Morgan fingerprint density at radius 1 is 1.14 bits per heavy atom. The summed E-state index contributed by atoms with van der Waals surface area (Å²) in [5, 5.41) is 16.3. The lowest BCUT2D eigenvalue weighted by Crippen LogP contribution is -2.56.